The van der Waals surface area contributed by atoms with Crippen molar-refractivity contribution in [3.63, 3.8) is 0 Å². The van der Waals surface area contributed by atoms with Gasteiger partial charge in [0, 0.05) is 24.5 Å². The highest BCUT2D eigenvalue weighted by atomic mass is 32.2. The van der Waals surface area contributed by atoms with E-state index in [-0.39, 0.29) is 4.90 Å². The number of aryl methyl sites for hydroxylation is 1. The van der Waals surface area contributed by atoms with Gasteiger partial charge in [-0.05, 0) is 30.7 Å². The number of benzene rings is 1. The van der Waals surface area contributed by atoms with Crippen molar-refractivity contribution >= 4 is 21.4 Å². The maximum Gasteiger partial charge on any atom is 0.240 e. The van der Waals surface area contributed by atoms with Crippen molar-refractivity contribution in [2.24, 2.45) is 0 Å². The maximum atomic E-state index is 12.2. The number of hydrogen-bond donors (Lipinski definition) is 1. The van der Waals surface area contributed by atoms with Crippen LogP contribution < -0.4 is 9.46 Å². The summed E-state index contributed by atoms with van der Waals surface area (Å²) in [5.41, 5.74) is 0.658. The summed E-state index contributed by atoms with van der Waals surface area (Å²) in [6, 6.07) is 4.90. The molecule has 7 heteroatoms. The monoisotopic (exact) mass is 312 g/mol. The van der Waals surface area contributed by atoms with E-state index in [9.17, 15) is 8.42 Å². The van der Waals surface area contributed by atoms with Gasteiger partial charge in [0.25, 0.3) is 0 Å². The Morgan fingerprint density at radius 2 is 2.20 bits per heavy atom. The van der Waals surface area contributed by atoms with Gasteiger partial charge >= 0.3 is 0 Å². The highest BCUT2D eigenvalue weighted by Gasteiger charge is 2.16. The van der Waals surface area contributed by atoms with E-state index in [0.717, 1.165) is 5.01 Å². The van der Waals surface area contributed by atoms with E-state index in [1.807, 2.05) is 5.38 Å². The minimum Gasteiger partial charge on any atom is -0.497 e. The molecule has 0 aliphatic carbocycles. The van der Waals surface area contributed by atoms with E-state index in [1.165, 1.54) is 11.3 Å². The first-order chi connectivity index (χ1) is 9.53. The lowest BCUT2D eigenvalue weighted by atomic mass is 10.2. The molecule has 1 heterocycles. The summed E-state index contributed by atoms with van der Waals surface area (Å²) in [5, 5.41) is 2.79. The van der Waals surface area contributed by atoms with Gasteiger partial charge in [0.1, 0.15) is 5.75 Å². The Morgan fingerprint density at radius 3 is 2.80 bits per heavy atom. The first kappa shape index (κ1) is 15.0. The zero-order valence-corrected chi connectivity index (χ0v) is 12.9. The van der Waals surface area contributed by atoms with E-state index in [4.69, 9.17) is 4.74 Å². The first-order valence-corrected chi connectivity index (χ1v) is 8.42. The van der Waals surface area contributed by atoms with Crippen molar-refractivity contribution in [1.82, 2.24) is 9.71 Å². The normalized spacial score (nSPS) is 11.5. The number of ether oxygens (including phenoxy) is 1. The maximum absolute atomic E-state index is 12.2. The minimum absolute atomic E-state index is 0.275. The van der Waals surface area contributed by atoms with Crippen LogP contribution in [0.3, 0.4) is 0 Å². The Hall–Kier alpha value is -1.44. The Balaban J connectivity index is 2.06. The molecule has 1 N–H and O–H groups in total. The second-order valence-electron chi connectivity index (χ2n) is 4.21. The molecular weight excluding hydrogens is 296 g/mol. The van der Waals surface area contributed by atoms with Crippen LogP contribution >= 0.6 is 11.3 Å². The summed E-state index contributed by atoms with van der Waals surface area (Å²) in [5.74, 6) is 0.643. The molecule has 20 heavy (non-hydrogen) atoms. The van der Waals surface area contributed by atoms with Crippen LogP contribution in [0.5, 0.6) is 5.75 Å². The lowest BCUT2D eigenvalue weighted by Crippen LogP contribution is -2.26. The Kier molecular flexibility index (Phi) is 4.74. The van der Waals surface area contributed by atoms with Gasteiger partial charge in [0.2, 0.25) is 10.0 Å². The predicted molar refractivity (Wildman–Crippen MR) is 78.7 cm³/mol. The van der Waals surface area contributed by atoms with Gasteiger partial charge in [-0.1, -0.05) is 0 Å². The number of rotatable bonds is 6. The number of hydrogen-bond acceptors (Lipinski definition) is 5. The topological polar surface area (TPSA) is 68.3 Å². The molecule has 2 aromatic rings. The first-order valence-electron chi connectivity index (χ1n) is 6.05. The van der Waals surface area contributed by atoms with E-state index in [0.29, 0.717) is 24.3 Å². The van der Waals surface area contributed by atoms with Gasteiger partial charge in [-0.2, -0.15) is 0 Å². The fourth-order valence-corrected chi connectivity index (χ4v) is 3.67. The van der Waals surface area contributed by atoms with Crippen LogP contribution in [0.2, 0.25) is 0 Å². The number of thiazole rings is 1. The van der Waals surface area contributed by atoms with Gasteiger partial charge in [-0.15, -0.1) is 11.3 Å². The molecule has 0 fully saturated rings. The van der Waals surface area contributed by atoms with Crippen LogP contribution in [0.4, 0.5) is 0 Å². The van der Waals surface area contributed by atoms with Crippen LogP contribution in [0.1, 0.15) is 10.6 Å². The summed E-state index contributed by atoms with van der Waals surface area (Å²) in [4.78, 5) is 4.39. The molecule has 0 atom stereocenters. The van der Waals surface area contributed by atoms with Crippen molar-refractivity contribution in [1.29, 1.82) is 0 Å². The van der Waals surface area contributed by atoms with Gasteiger partial charge in [-0.25, -0.2) is 18.1 Å². The van der Waals surface area contributed by atoms with Crippen LogP contribution in [-0.2, 0) is 16.4 Å². The average Bonchev–Trinajstić information content (AvgIpc) is 2.91. The second-order valence-corrected chi connectivity index (χ2v) is 6.92. The quantitative estimate of drug-likeness (QED) is 0.885. The Labute approximate surface area is 122 Å². The Bertz CT molecular complexity index is 667. The van der Waals surface area contributed by atoms with Gasteiger partial charge < -0.3 is 4.74 Å². The summed E-state index contributed by atoms with van der Waals surface area (Å²) in [6.45, 7) is 2.08. The molecule has 0 unspecified atom stereocenters. The standard InChI is InChI=1S/C13H16N2O3S2/c1-10-9-11(18-2)3-4-12(10)20(16,17)15-6-5-13-14-7-8-19-13/h3-4,7-9,15H,5-6H2,1-2H3. The van der Waals surface area contributed by atoms with Crippen molar-refractivity contribution in [3.8, 4) is 5.75 Å². The zero-order chi connectivity index (χ0) is 14.6. The van der Waals surface area contributed by atoms with Gasteiger partial charge in [0.15, 0.2) is 0 Å². The molecule has 1 aromatic carbocycles. The lowest BCUT2D eigenvalue weighted by Gasteiger charge is -2.10. The second kappa shape index (κ2) is 6.34. The van der Waals surface area contributed by atoms with Crippen LogP contribution in [-0.4, -0.2) is 27.1 Å². The predicted octanol–water partition coefficient (Wildman–Crippen LogP) is 1.98. The SMILES string of the molecule is COc1ccc(S(=O)(=O)NCCc2nccs2)c(C)c1. The third-order valence-corrected chi connectivity index (χ3v) is 5.25. The summed E-state index contributed by atoms with van der Waals surface area (Å²) < 4.78 is 32.1. The highest BCUT2D eigenvalue weighted by Crippen LogP contribution is 2.20. The number of aromatic nitrogens is 1. The van der Waals surface area contributed by atoms with Crippen molar-refractivity contribution in [3.05, 3.63) is 40.3 Å². The molecule has 1 aromatic heterocycles. The van der Waals surface area contributed by atoms with Gasteiger partial charge in [-0.3, -0.25) is 0 Å². The number of sulfonamides is 1. The average molecular weight is 312 g/mol. The van der Waals surface area contributed by atoms with Crippen LogP contribution in [0, 0.1) is 6.92 Å². The lowest BCUT2D eigenvalue weighted by molar-refractivity contribution is 0.414. The summed E-state index contributed by atoms with van der Waals surface area (Å²) >= 11 is 1.51. The van der Waals surface area contributed by atoms with E-state index < -0.39 is 10.0 Å². The third kappa shape index (κ3) is 3.56. The van der Waals surface area contributed by atoms with Crippen molar-refractivity contribution in [2.45, 2.75) is 18.2 Å². The molecular formula is C13H16N2O3S2. The molecule has 0 aliphatic heterocycles. The van der Waals surface area contributed by atoms with E-state index >= 15 is 0 Å². The highest BCUT2D eigenvalue weighted by molar-refractivity contribution is 7.89. The van der Waals surface area contributed by atoms with Crippen LogP contribution in [0.25, 0.3) is 0 Å². The van der Waals surface area contributed by atoms with E-state index in [1.54, 1.807) is 38.4 Å². The molecule has 2 rings (SSSR count). The molecule has 5 nitrogen and oxygen atoms in total. The van der Waals surface area contributed by atoms with Crippen molar-refractivity contribution < 1.29 is 13.2 Å². The molecule has 0 amide bonds. The van der Waals surface area contributed by atoms with Crippen molar-refractivity contribution in [2.75, 3.05) is 13.7 Å². The summed E-state index contributed by atoms with van der Waals surface area (Å²) in [7, 11) is -1.95. The third-order valence-electron chi connectivity index (χ3n) is 2.79. The fourth-order valence-electron chi connectivity index (χ4n) is 1.80. The molecule has 0 radical (unpaired) electrons. The molecule has 0 saturated heterocycles. The number of nitrogens with one attached hydrogen (secondary N) is 1. The Morgan fingerprint density at radius 1 is 1.40 bits per heavy atom. The molecule has 0 aliphatic rings. The van der Waals surface area contributed by atoms with Gasteiger partial charge in [0.05, 0.1) is 17.0 Å². The molecule has 0 saturated carbocycles. The number of nitrogens with zero attached hydrogens (tertiary/aromatic N) is 1. The zero-order valence-electron chi connectivity index (χ0n) is 11.3. The largest absolute Gasteiger partial charge is 0.497 e. The fraction of sp³-hybridized carbons (Fsp3) is 0.308. The summed E-state index contributed by atoms with van der Waals surface area (Å²) in [6.07, 6.45) is 2.30. The molecule has 0 spiro atoms. The molecule has 0 bridgehead atoms. The minimum atomic E-state index is -3.50. The molecule has 108 valence electrons. The van der Waals surface area contributed by atoms with E-state index in [2.05, 4.69) is 9.71 Å². The van der Waals surface area contributed by atoms with Crippen LogP contribution in [0.15, 0.2) is 34.7 Å². The smallest absolute Gasteiger partial charge is 0.240 e. The number of methoxy groups -OCH3 is 1.